The van der Waals surface area contributed by atoms with Crippen molar-refractivity contribution in [2.45, 2.75) is 52.4 Å². The van der Waals surface area contributed by atoms with E-state index in [1.54, 1.807) is 95.5 Å². The standard InChI is InChI=1S/C68H55N4O2.Pt/c1-67(2,3)50-39-51(68(4,5)6)41-56(40-50)74-55-36-37-69-65(44-55)72-61-35-32-49(46-20-10-7-11-21-46)38-60(61)59-34-33-54(43-64(59)72)73-53-27-18-26-52(42-53)70-45-71(63-31-17-16-30-62(63)70)66-57(47-22-12-8-13-23-47)28-19-29-58(66)48-24-14-9-15-25-48;/h7-41,44-45H,1-6H3;/q-3;/i7D,8D,9D,10D,11D,12D,13D,14D,15D,20D,21D,22D,23D,24D,25D;. The van der Waals surface area contributed by atoms with Crippen LogP contribution < -0.4 is 19.3 Å². The molecule has 11 aromatic rings. The molecule has 9 aromatic carbocycles. The fourth-order valence-corrected chi connectivity index (χ4v) is 9.23. The Kier molecular flexibility index (Phi) is 9.12. The molecule has 12 rings (SSSR count). The van der Waals surface area contributed by atoms with E-state index >= 15 is 0 Å². The van der Waals surface area contributed by atoms with Crippen LogP contribution >= 0.6 is 0 Å². The Labute approximate surface area is 475 Å². The molecule has 0 radical (unpaired) electrons. The van der Waals surface area contributed by atoms with Crippen molar-refractivity contribution in [3.8, 4) is 62.2 Å². The van der Waals surface area contributed by atoms with E-state index in [1.807, 2.05) is 47.0 Å². The second kappa shape index (κ2) is 19.9. The normalized spacial score (nSPS) is 15.3. The van der Waals surface area contributed by atoms with Crippen LogP contribution in [0.3, 0.4) is 0 Å². The number of ether oxygens (including phenoxy) is 2. The van der Waals surface area contributed by atoms with Crippen molar-refractivity contribution in [1.29, 1.82) is 0 Å². The molecule has 0 saturated carbocycles. The largest absolute Gasteiger partial charge is 0.509 e. The average Bonchev–Trinajstić information content (AvgIpc) is 1.44. The number of hydrogen-bond acceptors (Lipinski definition) is 5. The average molecular weight is 1170 g/mol. The van der Waals surface area contributed by atoms with Crippen LogP contribution in [0.25, 0.3) is 61.0 Å². The Balaban J connectivity index is 0.00000833. The van der Waals surface area contributed by atoms with Crippen LogP contribution in [0.2, 0.25) is 0 Å². The van der Waals surface area contributed by atoms with E-state index in [1.165, 1.54) is 0 Å². The number of benzene rings is 9. The van der Waals surface area contributed by atoms with Crippen molar-refractivity contribution >= 4 is 44.6 Å². The number of rotatable bonds is 10. The third-order valence-electron chi connectivity index (χ3n) is 12.9. The van der Waals surface area contributed by atoms with Gasteiger partial charge < -0.3 is 23.8 Å². The quantitative estimate of drug-likeness (QED) is 0.128. The van der Waals surface area contributed by atoms with Crippen LogP contribution in [0, 0.1) is 18.8 Å². The molecule has 0 N–H and O–H groups in total. The predicted octanol–water partition coefficient (Wildman–Crippen LogP) is 18.4. The van der Waals surface area contributed by atoms with Gasteiger partial charge in [-0.15, -0.1) is 48.1 Å². The van der Waals surface area contributed by atoms with Gasteiger partial charge in [0.15, 0.2) is 0 Å². The van der Waals surface area contributed by atoms with Gasteiger partial charge in [-0.1, -0.05) is 186 Å². The monoisotopic (exact) mass is 1170 g/mol. The Hall–Kier alpha value is -8.18. The zero-order chi connectivity index (χ0) is 63.6. The van der Waals surface area contributed by atoms with E-state index in [-0.39, 0.29) is 89.0 Å². The summed E-state index contributed by atoms with van der Waals surface area (Å²) in [6, 6.07) is 35.4. The van der Waals surface area contributed by atoms with E-state index in [2.05, 4.69) is 59.7 Å². The fourth-order valence-electron chi connectivity index (χ4n) is 9.23. The van der Waals surface area contributed by atoms with Gasteiger partial charge in [0, 0.05) is 78.5 Å². The Morgan fingerprint density at radius 1 is 0.507 bits per heavy atom. The molecule has 0 saturated heterocycles. The molecule has 0 spiro atoms. The molecule has 7 heteroatoms. The zero-order valence-electron chi connectivity index (χ0n) is 56.6. The van der Waals surface area contributed by atoms with Crippen molar-refractivity contribution in [2.24, 2.45) is 0 Å². The molecule has 75 heavy (non-hydrogen) atoms. The minimum atomic E-state index is -0.598. The number of para-hydroxylation sites is 3. The third-order valence-corrected chi connectivity index (χ3v) is 12.9. The molecule has 0 amide bonds. The zero-order valence-corrected chi connectivity index (χ0v) is 43.9. The Bertz CT molecular complexity index is 4580. The van der Waals surface area contributed by atoms with Crippen molar-refractivity contribution in [3.63, 3.8) is 0 Å². The van der Waals surface area contributed by atoms with Gasteiger partial charge in [0.25, 0.3) is 0 Å². The summed E-state index contributed by atoms with van der Waals surface area (Å²) in [5.74, 6) is 2.15. The summed E-state index contributed by atoms with van der Waals surface area (Å²) in [5, 5.41) is 1.34. The summed E-state index contributed by atoms with van der Waals surface area (Å²) in [5.41, 5.74) is 5.19. The first kappa shape index (κ1) is 34.3. The smallest absolute Gasteiger partial charge is 0.139 e. The molecule has 1 aliphatic rings. The van der Waals surface area contributed by atoms with Crippen LogP contribution in [0.15, 0.2) is 218 Å². The maximum absolute atomic E-state index is 9.09. The Morgan fingerprint density at radius 2 is 1.11 bits per heavy atom. The van der Waals surface area contributed by atoms with Crippen molar-refractivity contribution in [1.82, 2.24) is 9.55 Å². The summed E-state index contributed by atoms with van der Waals surface area (Å²) in [7, 11) is 0. The van der Waals surface area contributed by atoms with Crippen molar-refractivity contribution in [3.05, 3.63) is 248 Å². The summed E-state index contributed by atoms with van der Waals surface area (Å²) < 4.78 is 146. The second-order valence-electron chi connectivity index (χ2n) is 19.9. The SMILES string of the molecule is [2H]c1c([2H])c([2H])c(-c2ccc3c(c2)c2ccc(Oc4[c-]c(N5[CH-]N(c6c(-c7c([2H])c([2H])c([2H])c([2H])c7[2H])cccc6-c6c([2H])c([2H])c([2H])c([2H])c6[2H])c6ccccc65)ccc4)[c-]c2n3-c2cc(Oc3cc(C(C)(C)C)cc(C(C)(C)C)c3)ccn2)c([2H])c1[2H].[Pt]. The molecule has 1 aliphatic heterocycles. The van der Waals surface area contributed by atoms with Crippen LogP contribution in [0.5, 0.6) is 23.0 Å². The molecular formula is C68H55N4O2Pt-3. The van der Waals surface area contributed by atoms with E-state index in [0.29, 0.717) is 61.7 Å². The number of anilines is 4. The molecule has 0 bridgehead atoms. The molecule has 2 aromatic heterocycles. The van der Waals surface area contributed by atoms with Gasteiger partial charge in [-0.25, -0.2) is 4.98 Å². The molecule has 3 heterocycles. The van der Waals surface area contributed by atoms with E-state index in [9.17, 15) is 0 Å². The molecule has 0 fully saturated rings. The van der Waals surface area contributed by atoms with Gasteiger partial charge in [0.2, 0.25) is 0 Å². The van der Waals surface area contributed by atoms with Crippen molar-refractivity contribution in [2.75, 3.05) is 9.80 Å². The summed E-state index contributed by atoms with van der Waals surface area (Å²) >= 11 is 0. The minimum Gasteiger partial charge on any atom is -0.509 e. The molecule has 0 unspecified atom stereocenters. The van der Waals surface area contributed by atoms with Gasteiger partial charge in [-0.3, -0.25) is 0 Å². The van der Waals surface area contributed by atoms with Gasteiger partial charge in [0.05, 0.1) is 20.6 Å². The van der Waals surface area contributed by atoms with Crippen LogP contribution in [-0.2, 0) is 31.9 Å². The molecule has 6 nitrogen and oxygen atoms in total. The van der Waals surface area contributed by atoms with E-state index in [4.69, 9.17) is 35.0 Å². The molecule has 0 aliphatic carbocycles. The Morgan fingerprint density at radius 3 is 1.75 bits per heavy atom. The van der Waals surface area contributed by atoms with Gasteiger partial charge in [-0.2, -0.15) is 12.1 Å². The maximum atomic E-state index is 9.09. The maximum Gasteiger partial charge on any atom is 0.139 e. The third kappa shape index (κ3) is 9.63. The number of nitrogens with zero attached hydrogens (tertiary/aromatic N) is 4. The number of pyridine rings is 1. The van der Waals surface area contributed by atoms with Crippen molar-refractivity contribution < 1.29 is 51.1 Å². The van der Waals surface area contributed by atoms with E-state index < -0.39 is 78.6 Å². The first-order valence-electron chi connectivity index (χ1n) is 31.5. The molecule has 372 valence electrons. The van der Waals surface area contributed by atoms with Crippen LogP contribution in [0.4, 0.5) is 22.7 Å². The van der Waals surface area contributed by atoms with Gasteiger partial charge in [0.1, 0.15) is 17.3 Å². The second-order valence-corrected chi connectivity index (χ2v) is 19.9. The number of hydrogen-bond donors (Lipinski definition) is 0. The summed E-state index contributed by atoms with van der Waals surface area (Å²) in [6.07, 6.45) is 1.65. The molecule has 0 atom stereocenters. The van der Waals surface area contributed by atoms with E-state index in [0.717, 1.165) is 11.1 Å². The van der Waals surface area contributed by atoms with Crippen LogP contribution in [-0.4, -0.2) is 9.55 Å². The topological polar surface area (TPSA) is 42.8 Å². The van der Waals surface area contributed by atoms with Gasteiger partial charge >= 0.3 is 0 Å². The fraction of sp³-hybridized carbons (Fsp3) is 0.118. The summed E-state index contributed by atoms with van der Waals surface area (Å²) in [6.45, 7) is 14.7. The minimum absolute atomic E-state index is 0. The van der Waals surface area contributed by atoms with Crippen LogP contribution in [0.1, 0.15) is 73.2 Å². The first-order chi connectivity index (χ1) is 42.1. The summed E-state index contributed by atoms with van der Waals surface area (Å²) in [4.78, 5) is 8.37. The number of fused-ring (bicyclic) bond motifs is 4. The first-order valence-corrected chi connectivity index (χ1v) is 24.0. The number of aromatic nitrogens is 2. The predicted molar refractivity (Wildman–Crippen MR) is 304 cm³/mol. The van der Waals surface area contributed by atoms with Gasteiger partial charge in [-0.05, 0) is 86.0 Å². The molecular weight excluding hydrogens is 1100 g/mol.